The Labute approximate surface area is 72.5 Å². The molecule has 68 valence electrons. The van der Waals surface area contributed by atoms with Crippen molar-refractivity contribution >= 4 is 27.1 Å². The lowest BCUT2D eigenvalue weighted by molar-refractivity contribution is 0.236. The zero-order valence-corrected chi connectivity index (χ0v) is 8.75. The van der Waals surface area contributed by atoms with Crippen LogP contribution in [-0.4, -0.2) is 17.4 Å². The van der Waals surface area contributed by atoms with Crippen LogP contribution in [0.4, 0.5) is 0 Å². The van der Waals surface area contributed by atoms with Crippen LogP contribution in [0.5, 0.6) is 0 Å². The minimum atomic E-state index is -3.55. The zero-order chi connectivity index (χ0) is 8.91. The maximum atomic E-state index is 11.2. The van der Waals surface area contributed by atoms with Gasteiger partial charge in [-0.3, -0.25) is 9.05 Å². The van der Waals surface area contributed by atoms with Crippen molar-refractivity contribution in [1.29, 1.82) is 0 Å². The molecule has 1 unspecified atom stereocenters. The number of hydrogen-bond acceptors (Lipinski definition) is 4. The molecule has 0 N–H and O–H groups in total. The molecule has 1 atom stereocenters. The monoisotopic (exact) mass is 220 g/mol. The molecular weight excluding hydrogens is 211 g/mol. The van der Waals surface area contributed by atoms with E-state index >= 15 is 0 Å². The Morgan fingerprint density at radius 2 is 1.73 bits per heavy atom. The van der Waals surface area contributed by atoms with Crippen LogP contribution in [0, 0.1) is 0 Å². The molecule has 4 nitrogen and oxygen atoms in total. The molecule has 0 aliphatic heterocycles. The Morgan fingerprint density at radius 3 is 1.91 bits per heavy atom. The normalized spacial score (nSPS) is 14.8. The van der Waals surface area contributed by atoms with Gasteiger partial charge in [0.2, 0.25) is 9.63 Å². The highest BCUT2D eigenvalue weighted by molar-refractivity contribution is 8.56. The average Bonchev–Trinajstić information content (AvgIpc) is 1.88. The van der Waals surface area contributed by atoms with Crippen LogP contribution in [-0.2, 0) is 23.2 Å². The lowest BCUT2D eigenvalue weighted by Gasteiger charge is -2.11. The van der Waals surface area contributed by atoms with Crippen molar-refractivity contribution in [3.8, 4) is 0 Å². The first-order valence-electron chi connectivity index (χ1n) is 3.04. The first-order chi connectivity index (χ1) is 5.06. The van der Waals surface area contributed by atoms with E-state index in [9.17, 15) is 8.77 Å². The van der Waals surface area contributed by atoms with E-state index in [-0.39, 0.29) is 13.2 Å². The summed E-state index contributed by atoms with van der Waals surface area (Å²) in [6.45, 7) is 0.0122. The van der Waals surface area contributed by atoms with E-state index in [0.717, 1.165) is 0 Å². The van der Waals surface area contributed by atoms with Crippen molar-refractivity contribution in [3.63, 3.8) is 0 Å². The summed E-state index contributed by atoms with van der Waals surface area (Å²) in [6, 6.07) is 0. The van der Waals surface area contributed by atoms with Crippen LogP contribution in [0.1, 0.15) is 13.8 Å². The second kappa shape index (κ2) is 5.27. The van der Waals surface area contributed by atoms with E-state index in [1.807, 2.05) is 0 Å². The minimum Gasteiger partial charge on any atom is -0.299 e. The van der Waals surface area contributed by atoms with Crippen LogP contribution < -0.4 is 0 Å². The third kappa shape index (κ3) is 3.67. The van der Waals surface area contributed by atoms with Crippen molar-refractivity contribution in [2.24, 2.45) is 0 Å². The molecule has 7 heteroatoms. The summed E-state index contributed by atoms with van der Waals surface area (Å²) in [5.74, 6) is 0. The molecule has 0 bridgehead atoms. The molecule has 0 heterocycles. The number of halogens is 1. The van der Waals surface area contributed by atoms with Gasteiger partial charge in [-0.1, -0.05) is 0 Å². The quantitative estimate of drug-likeness (QED) is 0.526. The topological polar surface area (TPSA) is 52.6 Å². The molecule has 0 aromatic heterocycles. The molecule has 0 saturated heterocycles. The van der Waals surface area contributed by atoms with Gasteiger partial charge in [-0.05, 0) is 13.8 Å². The molecule has 0 spiro atoms. The van der Waals surface area contributed by atoms with Gasteiger partial charge in [-0.2, -0.15) is 0 Å². The SMILES string of the molecule is CCOP(=O)(OCC)S(=O)Cl. The van der Waals surface area contributed by atoms with Crippen molar-refractivity contribution in [3.05, 3.63) is 0 Å². The number of rotatable bonds is 5. The predicted octanol–water partition coefficient (Wildman–Crippen LogP) is 2.07. The summed E-state index contributed by atoms with van der Waals surface area (Å²) < 4.78 is 31.1. The predicted molar refractivity (Wildman–Crippen MR) is 44.9 cm³/mol. The molecule has 11 heavy (non-hydrogen) atoms. The summed E-state index contributed by atoms with van der Waals surface area (Å²) in [4.78, 5) is 0. The van der Waals surface area contributed by atoms with Gasteiger partial charge in [0.05, 0.1) is 13.2 Å². The largest absolute Gasteiger partial charge is 0.433 e. The van der Waals surface area contributed by atoms with Gasteiger partial charge in [0.15, 0.2) is 0 Å². The highest BCUT2D eigenvalue weighted by Crippen LogP contribution is 2.53. The molecule has 0 saturated carbocycles. The fraction of sp³-hybridized carbons (Fsp3) is 1.00. The van der Waals surface area contributed by atoms with Crippen molar-refractivity contribution < 1.29 is 17.8 Å². The zero-order valence-electron chi connectivity index (χ0n) is 6.28. The van der Waals surface area contributed by atoms with E-state index in [1.54, 1.807) is 13.8 Å². The van der Waals surface area contributed by atoms with Crippen molar-refractivity contribution in [2.45, 2.75) is 13.8 Å². The van der Waals surface area contributed by atoms with Crippen LogP contribution in [0.15, 0.2) is 0 Å². The van der Waals surface area contributed by atoms with Crippen molar-refractivity contribution in [2.75, 3.05) is 13.2 Å². The highest BCUT2D eigenvalue weighted by Gasteiger charge is 2.30. The van der Waals surface area contributed by atoms with E-state index < -0.39 is 16.4 Å². The van der Waals surface area contributed by atoms with Gasteiger partial charge < -0.3 is 0 Å². The third-order valence-corrected chi connectivity index (χ3v) is 5.46. The third-order valence-electron chi connectivity index (χ3n) is 0.750. The standard InChI is InChI=1S/C4H10ClO4PS/c1-3-8-10(6,9-4-2)11(5)7/h3-4H2,1-2H3. The molecule has 0 aromatic rings. The Morgan fingerprint density at radius 1 is 1.36 bits per heavy atom. The molecule has 0 fully saturated rings. The Hall–Kier alpha value is 0.590. The first-order valence-corrected chi connectivity index (χ1v) is 7.17. The van der Waals surface area contributed by atoms with Crippen LogP contribution >= 0.6 is 17.5 Å². The lowest BCUT2D eigenvalue weighted by atomic mass is 10.9. The fourth-order valence-corrected chi connectivity index (χ4v) is 3.16. The fourth-order valence-electron chi connectivity index (χ4n) is 0.436. The van der Waals surface area contributed by atoms with E-state index in [2.05, 4.69) is 9.05 Å². The van der Waals surface area contributed by atoms with E-state index in [0.29, 0.717) is 0 Å². The second-order valence-electron chi connectivity index (χ2n) is 1.49. The molecule has 0 rings (SSSR count). The van der Waals surface area contributed by atoms with Gasteiger partial charge in [0.1, 0.15) is 0 Å². The lowest BCUT2D eigenvalue weighted by Crippen LogP contribution is -1.97. The first kappa shape index (κ1) is 11.6. The summed E-state index contributed by atoms with van der Waals surface area (Å²) in [7, 11) is 3.02. The molecule has 0 amide bonds. The van der Waals surface area contributed by atoms with Crippen LogP contribution in [0.2, 0.25) is 0 Å². The smallest absolute Gasteiger partial charge is 0.299 e. The van der Waals surface area contributed by atoms with Crippen LogP contribution in [0.25, 0.3) is 0 Å². The molecular formula is C4H10ClO4PS. The highest BCUT2D eigenvalue weighted by atomic mass is 35.7. The van der Waals surface area contributed by atoms with Crippen molar-refractivity contribution in [1.82, 2.24) is 0 Å². The summed E-state index contributed by atoms with van der Waals surface area (Å²) in [5, 5.41) is 0. The Balaban J connectivity index is 4.27. The summed E-state index contributed by atoms with van der Waals surface area (Å²) in [5.41, 5.74) is 0. The van der Waals surface area contributed by atoms with Gasteiger partial charge in [0, 0.05) is 10.7 Å². The molecule has 0 aliphatic rings. The second-order valence-corrected chi connectivity index (χ2v) is 7.14. The average molecular weight is 221 g/mol. The molecule has 0 aliphatic carbocycles. The van der Waals surface area contributed by atoms with Gasteiger partial charge in [-0.15, -0.1) is 0 Å². The number of hydrogen-bond donors (Lipinski definition) is 0. The van der Waals surface area contributed by atoms with E-state index in [1.165, 1.54) is 0 Å². The molecule has 0 aromatic carbocycles. The maximum Gasteiger partial charge on any atom is 0.433 e. The summed E-state index contributed by atoms with van der Waals surface area (Å²) in [6.07, 6.45) is 0. The van der Waals surface area contributed by atoms with Gasteiger partial charge in [0.25, 0.3) is 0 Å². The van der Waals surface area contributed by atoms with Gasteiger partial charge >= 0.3 is 6.80 Å². The summed E-state index contributed by atoms with van der Waals surface area (Å²) >= 11 is 0. The van der Waals surface area contributed by atoms with E-state index in [4.69, 9.17) is 10.7 Å². The molecule has 0 radical (unpaired) electrons. The minimum absolute atomic E-state index is 0.162. The van der Waals surface area contributed by atoms with Gasteiger partial charge in [-0.25, -0.2) is 8.77 Å². The maximum absolute atomic E-state index is 11.2. The van der Waals surface area contributed by atoms with Crippen LogP contribution in [0.3, 0.4) is 0 Å². The Kier molecular flexibility index (Phi) is 5.56. The Bertz CT molecular complexity index is 175.